The molecule has 0 spiro atoms. The molecule has 0 aromatic rings. The summed E-state index contributed by atoms with van der Waals surface area (Å²) in [6.45, 7) is 0.578. The highest BCUT2D eigenvalue weighted by Gasteiger charge is 2.19. The van der Waals surface area contributed by atoms with E-state index in [1.165, 1.54) is 12.8 Å². The van der Waals surface area contributed by atoms with Gasteiger partial charge in [-0.3, -0.25) is 0 Å². The zero-order valence-electron chi connectivity index (χ0n) is 6.39. The SMILES string of the molecule is COCC#CCCC1[CH]C1. The van der Waals surface area contributed by atoms with Gasteiger partial charge in [0.1, 0.15) is 6.61 Å². The third-order valence-electron chi connectivity index (χ3n) is 1.55. The van der Waals surface area contributed by atoms with E-state index in [1.54, 1.807) is 7.11 Å². The summed E-state index contributed by atoms with van der Waals surface area (Å²) in [6.07, 6.45) is 5.92. The summed E-state index contributed by atoms with van der Waals surface area (Å²) in [6, 6.07) is 0. The quantitative estimate of drug-likeness (QED) is 0.537. The van der Waals surface area contributed by atoms with Crippen LogP contribution in [-0.2, 0) is 4.74 Å². The second-order valence-corrected chi connectivity index (χ2v) is 2.56. The van der Waals surface area contributed by atoms with Crippen LogP contribution in [0.2, 0.25) is 0 Å². The van der Waals surface area contributed by atoms with Crippen molar-refractivity contribution in [2.24, 2.45) is 5.92 Å². The zero-order valence-corrected chi connectivity index (χ0v) is 6.39. The van der Waals surface area contributed by atoms with E-state index in [1.807, 2.05) is 0 Å². The molecule has 10 heavy (non-hydrogen) atoms. The lowest BCUT2D eigenvalue weighted by molar-refractivity contribution is 0.239. The zero-order chi connectivity index (χ0) is 7.23. The van der Waals surface area contributed by atoms with E-state index < -0.39 is 0 Å². The average molecular weight is 137 g/mol. The Bertz CT molecular complexity index is 137. The fraction of sp³-hybridized carbons (Fsp3) is 0.667. The molecule has 55 valence electrons. The van der Waals surface area contributed by atoms with E-state index in [9.17, 15) is 0 Å². The second-order valence-electron chi connectivity index (χ2n) is 2.56. The van der Waals surface area contributed by atoms with E-state index in [-0.39, 0.29) is 0 Å². The Labute approximate surface area is 62.8 Å². The molecule has 0 aromatic carbocycles. The molecule has 0 aliphatic heterocycles. The van der Waals surface area contributed by atoms with Gasteiger partial charge in [-0.1, -0.05) is 5.92 Å². The number of hydrogen-bond acceptors (Lipinski definition) is 1. The summed E-state index contributed by atoms with van der Waals surface area (Å²) in [7, 11) is 1.67. The van der Waals surface area contributed by atoms with Crippen molar-refractivity contribution >= 4 is 0 Å². The largest absolute Gasteiger partial charge is 0.372 e. The summed E-state index contributed by atoms with van der Waals surface area (Å²) >= 11 is 0. The molecular formula is C9H13O. The molecule has 1 saturated carbocycles. The van der Waals surface area contributed by atoms with Crippen LogP contribution in [0.4, 0.5) is 0 Å². The fourth-order valence-corrected chi connectivity index (χ4v) is 0.801. The van der Waals surface area contributed by atoms with Crippen molar-refractivity contribution in [2.75, 3.05) is 13.7 Å². The van der Waals surface area contributed by atoms with Gasteiger partial charge in [0.15, 0.2) is 0 Å². The average Bonchev–Trinajstić information content (AvgIpc) is 2.71. The van der Waals surface area contributed by atoms with Crippen LogP contribution in [0.15, 0.2) is 0 Å². The van der Waals surface area contributed by atoms with Crippen LogP contribution in [0.5, 0.6) is 0 Å². The van der Waals surface area contributed by atoms with E-state index >= 15 is 0 Å². The Balaban J connectivity index is 1.88. The van der Waals surface area contributed by atoms with Crippen molar-refractivity contribution in [3.05, 3.63) is 6.42 Å². The molecule has 0 amide bonds. The summed E-state index contributed by atoms with van der Waals surface area (Å²) in [5, 5.41) is 0. The van der Waals surface area contributed by atoms with Gasteiger partial charge in [0.25, 0.3) is 0 Å². The summed E-state index contributed by atoms with van der Waals surface area (Å²) in [4.78, 5) is 0. The van der Waals surface area contributed by atoms with Gasteiger partial charge >= 0.3 is 0 Å². The molecule has 1 atom stereocenters. The van der Waals surface area contributed by atoms with Gasteiger partial charge in [-0.2, -0.15) is 0 Å². The molecule has 0 N–H and O–H groups in total. The first-order valence-corrected chi connectivity index (χ1v) is 3.71. The van der Waals surface area contributed by atoms with Gasteiger partial charge in [0.05, 0.1) is 0 Å². The number of methoxy groups -OCH3 is 1. The first kappa shape index (κ1) is 7.63. The van der Waals surface area contributed by atoms with E-state index in [2.05, 4.69) is 18.3 Å². The molecule has 1 fully saturated rings. The molecule has 1 nitrogen and oxygen atoms in total. The van der Waals surface area contributed by atoms with Crippen molar-refractivity contribution in [1.82, 2.24) is 0 Å². The molecule has 1 rings (SSSR count). The summed E-state index contributed by atoms with van der Waals surface area (Å²) in [5.41, 5.74) is 0. The molecule has 1 aliphatic rings. The van der Waals surface area contributed by atoms with Crippen LogP contribution in [-0.4, -0.2) is 13.7 Å². The van der Waals surface area contributed by atoms with Crippen molar-refractivity contribution in [2.45, 2.75) is 19.3 Å². The van der Waals surface area contributed by atoms with Crippen LogP contribution < -0.4 is 0 Å². The fourth-order valence-electron chi connectivity index (χ4n) is 0.801. The maximum Gasteiger partial charge on any atom is 0.107 e. The van der Waals surface area contributed by atoms with E-state index in [0.717, 1.165) is 12.3 Å². The lowest BCUT2D eigenvalue weighted by Crippen LogP contribution is -1.81. The van der Waals surface area contributed by atoms with Gasteiger partial charge < -0.3 is 4.74 Å². The molecule has 1 radical (unpaired) electrons. The third kappa shape index (κ3) is 3.53. The standard InChI is InChI=1S/C9H13O/c1-10-8-4-2-3-5-9-6-7-9/h6,9H,3,5,7-8H2,1H3. The predicted molar refractivity (Wildman–Crippen MR) is 41.3 cm³/mol. The smallest absolute Gasteiger partial charge is 0.107 e. The minimum absolute atomic E-state index is 0.578. The monoisotopic (exact) mass is 137 g/mol. The Morgan fingerprint density at radius 2 is 2.40 bits per heavy atom. The van der Waals surface area contributed by atoms with Crippen LogP contribution >= 0.6 is 0 Å². The number of ether oxygens (including phenoxy) is 1. The highest BCUT2D eigenvalue weighted by Crippen LogP contribution is 2.31. The van der Waals surface area contributed by atoms with Gasteiger partial charge in [-0.05, 0) is 25.2 Å². The molecule has 1 unspecified atom stereocenters. The molecule has 0 bridgehead atoms. The van der Waals surface area contributed by atoms with Gasteiger partial charge in [-0.25, -0.2) is 0 Å². The van der Waals surface area contributed by atoms with Crippen LogP contribution in [0, 0.1) is 24.2 Å². The summed E-state index contributed by atoms with van der Waals surface area (Å²) < 4.78 is 4.78. The minimum Gasteiger partial charge on any atom is -0.372 e. The normalized spacial score (nSPS) is 16.1. The van der Waals surface area contributed by atoms with Crippen molar-refractivity contribution in [3.8, 4) is 11.8 Å². The minimum atomic E-state index is 0.578. The Morgan fingerprint density at radius 3 is 3.00 bits per heavy atom. The lowest BCUT2D eigenvalue weighted by Gasteiger charge is -1.86. The van der Waals surface area contributed by atoms with E-state index in [0.29, 0.717) is 6.61 Å². The Morgan fingerprint density at radius 1 is 1.60 bits per heavy atom. The molecular weight excluding hydrogens is 124 g/mol. The topological polar surface area (TPSA) is 9.23 Å². The predicted octanol–water partition coefficient (Wildman–Crippen LogP) is 1.64. The van der Waals surface area contributed by atoms with Gasteiger partial charge in [0, 0.05) is 13.5 Å². The highest BCUT2D eigenvalue weighted by atomic mass is 16.5. The molecule has 0 heterocycles. The molecule has 1 aliphatic carbocycles. The van der Waals surface area contributed by atoms with Crippen molar-refractivity contribution in [3.63, 3.8) is 0 Å². The van der Waals surface area contributed by atoms with Gasteiger partial charge in [-0.15, -0.1) is 5.92 Å². The van der Waals surface area contributed by atoms with Crippen molar-refractivity contribution < 1.29 is 4.74 Å². The first-order valence-electron chi connectivity index (χ1n) is 3.71. The van der Waals surface area contributed by atoms with Crippen LogP contribution in [0.3, 0.4) is 0 Å². The molecule has 1 heteroatoms. The maximum atomic E-state index is 4.78. The first-order chi connectivity index (χ1) is 4.93. The molecule has 0 saturated heterocycles. The Hall–Kier alpha value is -0.480. The Kier molecular flexibility index (Phi) is 3.32. The van der Waals surface area contributed by atoms with E-state index in [4.69, 9.17) is 4.74 Å². The summed E-state index contributed by atoms with van der Waals surface area (Å²) in [5.74, 6) is 6.88. The van der Waals surface area contributed by atoms with Crippen molar-refractivity contribution in [1.29, 1.82) is 0 Å². The lowest BCUT2D eigenvalue weighted by atomic mass is 10.2. The second kappa shape index (κ2) is 4.35. The molecule has 0 aromatic heterocycles. The third-order valence-corrected chi connectivity index (χ3v) is 1.55. The maximum absolute atomic E-state index is 4.78. The number of rotatable bonds is 3. The van der Waals surface area contributed by atoms with Crippen LogP contribution in [0.1, 0.15) is 19.3 Å². The van der Waals surface area contributed by atoms with Crippen LogP contribution in [0.25, 0.3) is 0 Å². The van der Waals surface area contributed by atoms with Gasteiger partial charge in [0.2, 0.25) is 0 Å². The highest BCUT2D eigenvalue weighted by molar-refractivity contribution is 5.02. The number of hydrogen-bond donors (Lipinski definition) is 0.